The van der Waals surface area contributed by atoms with Crippen molar-refractivity contribution in [1.29, 1.82) is 0 Å². The Kier molecular flexibility index (Phi) is 6.75. The minimum absolute atomic E-state index is 0.102. The standard InChI is InChI=1S/C27H24F3N5O3/c1-17-23(22(15-38-17)27(28,29)30)25(36)32-20-9-7-18(8-10-20)19-11-13-34(14-12-19)26(37)24-31-16-35(33-24)21-5-3-2-4-6-21/h2-10,15-16,19H,11-14H2,1H3,(H,32,36). The molecule has 0 atom stereocenters. The maximum atomic E-state index is 13.2. The number of anilines is 1. The van der Waals surface area contributed by atoms with Crippen molar-refractivity contribution in [3.8, 4) is 5.69 Å². The number of aromatic nitrogens is 3. The van der Waals surface area contributed by atoms with Crippen LogP contribution in [-0.4, -0.2) is 44.6 Å². The maximum Gasteiger partial charge on any atom is 0.420 e. The van der Waals surface area contributed by atoms with E-state index in [1.54, 1.807) is 21.7 Å². The van der Waals surface area contributed by atoms with E-state index in [-0.39, 0.29) is 23.4 Å². The highest BCUT2D eigenvalue weighted by molar-refractivity contribution is 6.06. The maximum absolute atomic E-state index is 13.2. The fraction of sp³-hybridized carbons (Fsp3) is 0.259. The Labute approximate surface area is 216 Å². The fourth-order valence-corrected chi connectivity index (χ4v) is 4.60. The van der Waals surface area contributed by atoms with Crippen LogP contribution < -0.4 is 5.32 Å². The van der Waals surface area contributed by atoms with E-state index in [1.807, 2.05) is 42.5 Å². The number of nitrogens with zero attached hydrogens (tertiary/aromatic N) is 4. The highest BCUT2D eigenvalue weighted by Gasteiger charge is 2.38. The van der Waals surface area contributed by atoms with Crippen molar-refractivity contribution in [3.05, 3.63) is 95.5 Å². The Hall–Kier alpha value is -4.41. The molecule has 0 unspecified atom stereocenters. The van der Waals surface area contributed by atoms with Gasteiger partial charge in [-0.15, -0.1) is 5.10 Å². The van der Waals surface area contributed by atoms with Gasteiger partial charge in [0, 0.05) is 18.8 Å². The number of nitrogens with one attached hydrogen (secondary N) is 1. The van der Waals surface area contributed by atoms with Gasteiger partial charge in [-0.3, -0.25) is 9.59 Å². The van der Waals surface area contributed by atoms with Crippen LogP contribution in [0.2, 0.25) is 0 Å². The van der Waals surface area contributed by atoms with Crippen LogP contribution in [0.4, 0.5) is 18.9 Å². The molecule has 0 bridgehead atoms. The number of likely N-dealkylation sites (tertiary alicyclic amines) is 1. The van der Waals surface area contributed by atoms with Gasteiger partial charge in [0.05, 0.1) is 11.3 Å². The number of carbonyl (C=O) groups is 2. The average molecular weight is 524 g/mol. The van der Waals surface area contributed by atoms with Crippen molar-refractivity contribution in [1.82, 2.24) is 19.7 Å². The average Bonchev–Trinajstić information content (AvgIpc) is 3.57. The number of hydrogen-bond donors (Lipinski definition) is 1. The number of rotatable bonds is 5. The minimum atomic E-state index is -4.69. The minimum Gasteiger partial charge on any atom is -0.468 e. The summed E-state index contributed by atoms with van der Waals surface area (Å²) in [6.07, 6.45) is -1.15. The van der Waals surface area contributed by atoms with Gasteiger partial charge in [0.2, 0.25) is 5.82 Å². The van der Waals surface area contributed by atoms with E-state index >= 15 is 0 Å². The van der Waals surface area contributed by atoms with Crippen LogP contribution in [0.3, 0.4) is 0 Å². The summed E-state index contributed by atoms with van der Waals surface area (Å²) in [6, 6.07) is 16.4. The van der Waals surface area contributed by atoms with E-state index in [9.17, 15) is 22.8 Å². The largest absolute Gasteiger partial charge is 0.468 e. The SMILES string of the molecule is Cc1occ(C(F)(F)F)c1C(=O)Nc1ccc(C2CCN(C(=O)c3ncn(-c4ccccc4)n3)CC2)cc1. The quantitative estimate of drug-likeness (QED) is 0.375. The van der Waals surface area contributed by atoms with Crippen LogP contribution in [0.1, 0.15) is 56.6 Å². The molecule has 1 fully saturated rings. The summed E-state index contributed by atoms with van der Waals surface area (Å²) < 4.78 is 46.0. The van der Waals surface area contributed by atoms with Crippen LogP contribution in [0.25, 0.3) is 5.69 Å². The predicted molar refractivity (Wildman–Crippen MR) is 132 cm³/mol. The number of amides is 2. The number of para-hydroxylation sites is 1. The predicted octanol–water partition coefficient (Wildman–Crippen LogP) is 5.46. The van der Waals surface area contributed by atoms with E-state index in [4.69, 9.17) is 4.42 Å². The number of piperidine rings is 1. The molecular formula is C27H24F3N5O3. The fourth-order valence-electron chi connectivity index (χ4n) is 4.60. The number of benzene rings is 2. The summed E-state index contributed by atoms with van der Waals surface area (Å²) in [5.74, 6) is -0.856. The highest BCUT2D eigenvalue weighted by Crippen LogP contribution is 2.35. The first-order valence-electron chi connectivity index (χ1n) is 12.0. The van der Waals surface area contributed by atoms with E-state index in [0.29, 0.717) is 25.0 Å². The Morgan fingerprint density at radius 2 is 1.71 bits per heavy atom. The van der Waals surface area contributed by atoms with Crippen molar-refractivity contribution < 1.29 is 27.2 Å². The topological polar surface area (TPSA) is 93.3 Å². The van der Waals surface area contributed by atoms with Gasteiger partial charge in [-0.2, -0.15) is 13.2 Å². The second-order valence-electron chi connectivity index (χ2n) is 9.07. The third kappa shape index (κ3) is 5.17. The molecule has 8 nitrogen and oxygen atoms in total. The Morgan fingerprint density at radius 3 is 2.37 bits per heavy atom. The molecule has 196 valence electrons. The molecule has 0 aliphatic carbocycles. The summed E-state index contributed by atoms with van der Waals surface area (Å²) in [5.41, 5.74) is 0.587. The molecule has 1 saturated heterocycles. The van der Waals surface area contributed by atoms with Gasteiger partial charge >= 0.3 is 6.18 Å². The lowest BCUT2D eigenvalue weighted by atomic mass is 9.89. The molecule has 1 aliphatic heterocycles. The summed E-state index contributed by atoms with van der Waals surface area (Å²) in [4.78, 5) is 31.4. The zero-order valence-electron chi connectivity index (χ0n) is 20.4. The first-order chi connectivity index (χ1) is 18.2. The number of aryl methyl sites for hydroxylation is 1. The number of hydrogen-bond acceptors (Lipinski definition) is 5. The third-order valence-corrected chi connectivity index (χ3v) is 6.63. The van der Waals surface area contributed by atoms with Crippen molar-refractivity contribution >= 4 is 17.5 Å². The number of carbonyl (C=O) groups excluding carboxylic acids is 2. The summed E-state index contributed by atoms with van der Waals surface area (Å²) in [5, 5.41) is 6.83. The van der Waals surface area contributed by atoms with Crippen molar-refractivity contribution in [2.24, 2.45) is 0 Å². The lowest BCUT2D eigenvalue weighted by molar-refractivity contribution is -0.138. The molecule has 2 aromatic carbocycles. The molecule has 1 N–H and O–H groups in total. The van der Waals surface area contributed by atoms with Crippen molar-refractivity contribution in [2.75, 3.05) is 18.4 Å². The van der Waals surface area contributed by atoms with Gasteiger partial charge in [-0.05, 0) is 55.5 Å². The Morgan fingerprint density at radius 1 is 1.03 bits per heavy atom. The van der Waals surface area contributed by atoms with E-state index in [1.165, 1.54) is 13.3 Å². The Bertz CT molecular complexity index is 1440. The second-order valence-corrected chi connectivity index (χ2v) is 9.07. The Balaban J connectivity index is 1.18. The van der Waals surface area contributed by atoms with E-state index in [0.717, 1.165) is 24.1 Å². The number of alkyl halides is 3. The molecule has 2 aromatic heterocycles. The van der Waals surface area contributed by atoms with Crippen LogP contribution in [0.15, 0.2) is 71.6 Å². The molecule has 0 radical (unpaired) electrons. The van der Waals surface area contributed by atoms with Gasteiger partial charge in [-0.25, -0.2) is 9.67 Å². The molecule has 38 heavy (non-hydrogen) atoms. The van der Waals surface area contributed by atoms with E-state index < -0.39 is 23.2 Å². The molecule has 2 amide bonds. The number of furan rings is 1. The molecule has 4 aromatic rings. The molecule has 1 aliphatic rings. The van der Waals surface area contributed by atoms with Gasteiger partial charge in [0.15, 0.2) is 0 Å². The zero-order chi connectivity index (χ0) is 26.9. The van der Waals surface area contributed by atoms with Crippen molar-refractivity contribution in [3.63, 3.8) is 0 Å². The lowest BCUT2D eigenvalue weighted by Crippen LogP contribution is -2.38. The van der Waals surface area contributed by atoms with Gasteiger partial charge < -0.3 is 14.6 Å². The molecule has 0 saturated carbocycles. The van der Waals surface area contributed by atoms with Crippen LogP contribution in [0.5, 0.6) is 0 Å². The number of halogens is 3. The van der Waals surface area contributed by atoms with Crippen LogP contribution in [-0.2, 0) is 6.18 Å². The van der Waals surface area contributed by atoms with Crippen LogP contribution >= 0.6 is 0 Å². The monoisotopic (exact) mass is 523 g/mol. The van der Waals surface area contributed by atoms with Crippen molar-refractivity contribution in [2.45, 2.75) is 31.9 Å². The summed E-state index contributed by atoms with van der Waals surface area (Å²) >= 11 is 0. The first kappa shape index (κ1) is 25.2. The summed E-state index contributed by atoms with van der Waals surface area (Å²) in [7, 11) is 0. The first-order valence-corrected chi connectivity index (χ1v) is 12.0. The normalized spacial score (nSPS) is 14.5. The highest BCUT2D eigenvalue weighted by atomic mass is 19.4. The van der Waals surface area contributed by atoms with Gasteiger partial charge in [-0.1, -0.05) is 30.3 Å². The zero-order valence-corrected chi connectivity index (χ0v) is 20.4. The lowest BCUT2D eigenvalue weighted by Gasteiger charge is -2.31. The molecular weight excluding hydrogens is 499 g/mol. The molecule has 0 spiro atoms. The summed E-state index contributed by atoms with van der Waals surface area (Å²) in [6.45, 7) is 2.40. The van der Waals surface area contributed by atoms with Gasteiger partial charge in [0.1, 0.15) is 23.9 Å². The molecule has 5 rings (SSSR count). The third-order valence-electron chi connectivity index (χ3n) is 6.63. The molecule has 3 heterocycles. The van der Waals surface area contributed by atoms with Gasteiger partial charge in [0.25, 0.3) is 11.8 Å². The smallest absolute Gasteiger partial charge is 0.420 e. The second kappa shape index (κ2) is 10.2. The van der Waals surface area contributed by atoms with E-state index in [2.05, 4.69) is 15.4 Å². The molecule has 11 heteroatoms. The van der Waals surface area contributed by atoms with Crippen LogP contribution in [0, 0.1) is 6.92 Å².